The van der Waals surface area contributed by atoms with Crippen LogP contribution in [0.5, 0.6) is 0 Å². The molecule has 1 amide bonds. The van der Waals surface area contributed by atoms with Gasteiger partial charge in [0, 0.05) is 13.1 Å². The zero-order chi connectivity index (χ0) is 16.2. The number of amides is 1. The number of nitrogens with zero attached hydrogens (tertiary/aromatic N) is 1. The smallest absolute Gasteiger partial charge is 0.410 e. The van der Waals surface area contributed by atoms with Gasteiger partial charge in [-0.15, -0.1) is 0 Å². The molecule has 0 bridgehead atoms. The Morgan fingerprint density at radius 3 is 2.59 bits per heavy atom. The summed E-state index contributed by atoms with van der Waals surface area (Å²) in [6, 6.07) is 8.70. The Kier molecular flexibility index (Phi) is 5.46. The van der Waals surface area contributed by atoms with E-state index in [-0.39, 0.29) is 6.09 Å². The highest BCUT2D eigenvalue weighted by Gasteiger charge is 2.27. The second-order valence-electron chi connectivity index (χ2n) is 7.03. The molecule has 1 aliphatic rings. The summed E-state index contributed by atoms with van der Waals surface area (Å²) in [5.41, 5.74) is 7.88. The minimum Gasteiger partial charge on any atom is -0.444 e. The normalized spacial score (nSPS) is 16.6. The molecule has 4 nitrogen and oxygen atoms in total. The maximum Gasteiger partial charge on any atom is 0.410 e. The lowest BCUT2D eigenvalue weighted by atomic mass is 9.88. The van der Waals surface area contributed by atoms with Crippen LogP contribution >= 0.6 is 0 Å². The third-order valence-electron chi connectivity index (χ3n) is 4.00. The molecule has 4 heteroatoms. The van der Waals surface area contributed by atoms with Gasteiger partial charge in [-0.05, 0) is 63.6 Å². The molecule has 1 fully saturated rings. The third kappa shape index (κ3) is 4.73. The molecule has 122 valence electrons. The molecule has 0 unspecified atom stereocenters. The van der Waals surface area contributed by atoms with Crippen LogP contribution in [0.25, 0.3) is 0 Å². The van der Waals surface area contributed by atoms with Gasteiger partial charge >= 0.3 is 6.09 Å². The summed E-state index contributed by atoms with van der Waals surface area (Å²) in [7, 11) is 0. The average Bonchev–Trinajstić information content (AvgIpc) is 2.46. The zero-order valence-electron chi connectivity index (χ0n) is 14.0. The van der Waals surface area contributed by atoms with Gasteiger partial charge in [0.15, 0.2) is 0 Å². The summed E-state index contributed by atoms with van der Waals surface area (Å²) in [6.07, 6.45) is 2.71. The number of nitrogens with two attached hydrogens (primary N) is 1. The van der Waals surface area contributed by atoms with Gasteiger partial charge in [-0.1, -0.05) is 24.3 Å². The number of hydrogen-bond acceptors (Lipinski definition) is 3. The van der Waals surface area contributed by atoms with E-state index >= 15 is 0 Å². The van der Waals surface area contributed by atoms with Crippen LogP contribution in [0, 0.1) is 0 Å². The topological polar surface area (TPSA) is 55.6 Å². The number of rotatable bonds is 3. The first-order valence-electron chi connectivity index (χ1n) is 8.16. The van der Waals surface area contributed by atoms with Gasteiger partial charge in [-0.2, -0.15) is 0 Å². The van der Waals surface area contributed by atoms with Crippen molar-refractivity contribution in [2.75, 3.05) is 19.6 Å². The van der Waals surface area contributed by atoms with Gasteiger partial charge in [0.25, 0.3) is 0 Å². The van der Waals surface area contributed by atoms with E-state index in [1.54, 1.807) is 0 Å². The molecule has 22 heavy (non-hydrogen) atoms. The van der Waals surface area contributed by atoms with Crippen molar-refractivity contribution in [3.63, 3.8) is 0 Å². The van der Waals surface area contributed by atoms with Gasteiger partial charge in [0.2, 0.25) is 0 Å². The molecule has 1 aromatic rings. The Bertz CT molecular complexity index is 500. The number of piperidine rings is 1. The summed E-state index contributed by atoms with van der Waals surface area (Å²) in [5.74, 6) is 0.524. The quantitative estimate of drug-likeness (QED) is 0.932. The van der Waals surface area contributed by atoms with E-state index in [1.165, 1.54) is 11.1 Å². The molecule has 0 radical (unpaired) electrons. The van der Waals surface area contributed by atoms with Gasteiger partial charge in [0.1, 0.15) is 5.60 Å². The van der Waals surface area contributed by atoms with E-state index in [2.05, 4.69) is 24.3 Å². The zero-order valence-corrected chi connectivity index (χ0v) is 14.0. The van der Waals surface area contributed by atoms with Crippen LogP contribution in [0.15, 0.2) is 24.3 Å². The Hall–Kier alpha value is -1.55. The SMILES string of the molecule is CC(C)(C)OC(=O)N1CCC(c2cccc(CCN)c2)CC1. The molecular weight excluding hydrogens is 276 g/mol. The van der Waals surface area contributed by atoms with Gasteiger partial charge in [-0.3, -0.25) is 0 Å². The first-order valence-corrected chi connectivity index (χ1v) is 8.16. The van der Waals surface area contributed by atoms with Gasteiger partial charge < -0.3 is 15.4 Å². The number of carbonyl (C=O) groups is 1. The Morgan fingerprint density at radius 2 is 2.00 bits per heavy atom. The van der Waals surface area contributed by atoms with Crippen molar-refractivity contribution >= 4 is 6.09 Å². The van der Waals surface area contributed by atoms with Crippen molar-refractivity contribution in [1.29, 1.82) is 0 Å². The Balaban J connectivity index is 1.92. The van der Waals surface area contributed by atoms with Crippen molar-refractivity contribution < 1.29 is 9.53 Å². The summed E-state index contributed by atoms with van der Waals surface area (Å²) in [6.45, 7) is 7.92. The highest BCUT2D eigenvalue weighted by atomic mass is 16.6. The molecule has 2 rings (SSSR count). The van der Waals surface area contributed by atoms with Crippen LogP contribution in [0.1, 0.15) is 50.7 Å². The van der Waals surface area contributed by atoms with Crippen molar-refractivity contribution in [2.45, 2.75) is 51.6 Å². The van der Waals surface area contributed by atoms with E-state index in [9.17, 15) is 4.79 Å². The fraction of sp³-hybridized carbons (Fsp3) is 0.611. The molecule has 0 spiro atoms. The molecule has 0 atom stereocenters. The molecule has 0 aromatic heterocycles. The van der Waals surface area contributed by atoms with Crippen LogP contribution in [0.4, 0.5) is 4.79 Å². The second kappa shape index (κ2) is 7.14. The first kappa shape index (κ1) is 16.8. The largest absolute Gasteiger partial charge is 0.444 e. The molecule has 1 aliphatic heterocycles. The average molecular weight is 304 g/mol. The highest BCUT2D eigenvalue weighted by molar-refractivity contribution is 5.68. The number of likely N-dealkylation sites (tertiary alicyclic amines) is 1. The summed E-state index contributed by atoms with van der Waals surface area (Å²) >= 11 is 0. The molecule has 1 heterocycles. The first-order chi connectivity index (χ1) is 10.4. The minimum absolute atomic E-state index is 0.192. The maximum atomic E-state index is 12.1. The fourth-order valence-corrected chi connectivity index (χ4v) is 2.89. The monoisotopic (exact) mass is 304 g/mol. The number of carbonyl (C=O) groups excluding carboxylic acids is 1. The fourth-order valence-electron chi connectivity index (χ4n) is 2.89. The molecule has 1 saturated heterocycles. The van der Waals surface area contributed by atoms with Crippen LogP contribution in [0.3, 0.4) is 0 Å². The summed E-state index contributed by atoms with van der Waals surface area (Å²) in [4.78, 5) is 13.9. The lowest BCUT2D eigenvalue weighted by Crippen LogP contribution is -2.41. The van der Waals surface area contributed by atoms with E-state index in [4.69, 9.17) is 10.5 Å². The van der Waals surface area contributed by atoms with E-state index in [1.807, 2.05) is 25.7 Å². The van der Waals surface area contributed by atoms with E-state index in [0.29, 0.717) is 12.5 Å². The van der Waals surface area contributed by atoms with Crippen LogP contribution in [-0.2, 0) is 11.2 Å². The highest BCUT2D eigenvalue weighted by Crippen LogP contribution is 2.29. The minimum atomic E-state index is -0.426. The number of hydrogen-bond donors (Lipinski definition) is 1. The summed E-state index contributed by atoms with van der Waals surface area (Å²) < 4.78 is 5.44. The maximum absolute atomic E-state index is 12.1. The Morgan fingerprint density at radius 1 is 1.32 bits per heavy atom. The van der Waals surface area contributed by atoms with Crippen molar-refractivity contribution in [2.24, 2.45) is 5.73 Å². The molecule has 2 N–H and O–H groups in total. The van der Waals surface area contributed by atoms with Crippen LogP contribution in [0.2, 0.25) is 0 Å². The third-order valence-corrected chi connectivity index (χ3v) is 4.00. The molecule has 0 saturated carbocycles. The van der Waals surface area contributed by atoms with Crippen LogP contribution in [-0.4, -0.2) is 36.2 Å². The number of benzene rings is 1. The van der Waals surface area contributed by atoms with Crippen LogP contribution < -0.4 is 5.73 Å². The standard InChI is InChI=1S/C18H28N2O2/c1-18(2,3)22-17(21)20-11-8-15(9-12-20)16-6-4-5-14(13-16)7-10-19/h4-6,13,15H,7-12,19H2,1-3H3. The molecule has 0 aliphatic carbocycles. The Labute approximate surface area is 133 Å². The van der Waals surface area contributed by atoms with E-state index < -0.39 is 5.60 Å². The second-order valence-corrected chi connectivity index (χ2v) is 7.03. The van der Waals surface area contributed by atoms with Crippen molar-refractivity contribution in [3.05, 3.63) is 35.4 Å². The van der Waals surface area contributed by atoms with Gasteiger partial charge in [0.05, 0.1) is 0 Å². The predicted molar refractivity (Wildman–Crippen MR) is 89.0 cm³/mol. The van der Waals surface area contributed by atoms with Crippen molar-refractivity contribution in [3.8, 4) is 0 Å². The predicted octanol–water partition coefficient (Wildman–Crippen LogP) is 3.30. The van der Waals surface area contributed by atoms with Gasteiger partial charge in [-0.25, -0.2) is 4.79 Å². The molecular formula is C18H28N2O2. The molecule has 1 aromatic carbocycles. The lowest BCUT2D eigenvalue weighted by Gasteiger charge is -2.33. The van der Waals surface area contributed by atoms with E-state index in [0.717, 1.165) is 32.4 Å². The summed E-state index contributed by atoms with van der Waals surface area (Å²) in [5, 5.41) is 0. The lowest BCUT2D eigenvalue weighted by molar-refractivity contribution is 0.0205. The van der Waals surface area contributed by atoms with Crippen molar-refractivity contribution in [1.82, 2.24) is 4.90 Å². The number of ether oxygens (including phenoxy) is 1.